The van der Waals surface area contributed by atoms with Crippen molar-refractivity contribution in [1.82, 2.24) is 5.32 Å². The SMILES string of the molecule is COc1cc(/C=C2/SC(=Nc3ccccc3)NC2=O)cc(Br)c1OCc1ccc(Cl)cc1Cl. The van der Waals surface area contributed by atoms with Crippen molar-refractivity contribution < 1.29 is 14.3 Å². The second-order valence-corrected chi connectivity index (χ2v) is 9.60. The highest BCUT2D eigenvalue weighted by molar-refractivity contribution is 9.10. The minimum absolute atomic E-state index is 0.206. The topological polar surface area (TPSA) is 59.9 Å². The Bertz CT molecular complexity index is 1270. The number of aliphatic imine (C=N–C) groups is 1. The zero-order chi connectivity index (χ0) is 23.4. The van der Waals surface area contributed by atoms with Crippen LogP contribution in [0.25, 0.3) is 6.08 Å². The van der Waals surface area contributed by atoms with E-state index in [0.717, 1.165) is 16.8 Å². The van der Waals surface area contributed by atoms with Gasteiger partial charge in [-0.15, -0.1) is 0 Å². The maximum Gasteiger partial charge on any atom is 0.264 e. The number of para-hydroxylation sites is 1. The lowest BCUT2D eigenvalue weighted by molar-refractivity contribution is -0.115. The molecule has 4 rings (SSSR count). The van der Waals surface area contributed by atoms with E-state index in [1.807, 2.05) is 42.5 Å². The highest BCUT2D eigenvalue weighted by atomic mass is 79.9. The van der Waals surface area contributed by atoms with E-state index in [2.05, 4.69) is 26.2 Å². The summed E-state index contributed by atoms with van der Waals surface area (Å²) in [5.74, 6) is 0.839. The third-order valence-electron chi connectivity index (χ3n) is 4.57. The lowest BCUT2D eigenvalue weighted by atomic mass is 10.2. The molecule has 3 aromatic carbocycles. The fraction of sp³-hybridized carbons (Fsp3) is 0.0833. The average Bonchev–Trinajstić information content (AvgIpc) is 3.12. The third kappa shape index (κ3) is 5.92. The number of amidine groups is 1. The molecule has 0 spiro atoms. The molecule has 1 heterocycles. The van der Waals surface area contributed by atoms with Crippen molar-refractivity contribution in [3.63, 3.8) is 0 Å². The van der Waals surface area contributed by atoms with Gasteiger partial charge in [-0.25, -0.2) is 4.99 Å². The molecule has 33 heavy (non-hydrogen) atoms. The molecule has 1 aliphatic rings. The molecule has 0 atom stereocenters. The molecule has 1 N–H and O–H groups in total. The summed E-state index contributed by atoms with van der Waals surface area (Å²) in [6.45, 7) is 0.239. The molecule has 168 valence electrons. The molecule has 1 fully saturated rings. The van der Waals surface area contributed by atoms with Gasteiger partial charge in [0, 0.05) is 15.6 Å². The molecule has 0 radical (unpaired) electrons. The number of ether oxygens (including phenoxy) is 2. The number of rotatable bonds is 6. The van der Waals surface area contributed by atoms with E-state index in [-0.39, 0.29) is 12.5 Å². The van der Waals surface area contributed by atoms with Crippen molar-refractivity contribution >= 4 is 73.7 Å². The van der Waals surface area contributed by atoms with Crippen LogP contribution >= 0.6 is 50.9 Å². The molecule has 1 amide bonds. The molecule has 5 nitrogen and oxygen atoms in total. The second kappa shape index (κ2) is 10.7. The molecule has 9 heteroatoms. The van der Waals surface area contributed by atoms with E-state index in [4.69, 9.17) is 32.7 Å². The Morgan fingerprint density at radius 2 is 1.91 bits per heavy atom. The van der Waals surface area contributed by atoms with Gasteiger partial charge in [-0.2, -0.15) is 0 Å². The van der Waals surface area contributed by atoms with Gasteiger partial charge in [0.15, 0.2) is 16.7 Å². The van der Waals surface area contributed by atoms with Crippen LogP contribution in [0.5, 0.6) is 11.5 Å². The summed E-state index contributed by atoms with van der Waals surface area (Å²) in [4.78, 5) is 17.4. The first kappa shape index (κ1) is 23.7. The Kier molecular flexibility index (Phi) is 7.65. The van der Waals surface area contributed by atoms with Gasteiger partial charge < -0.3 is 14.8 Å². The number of amides is 1. The predicted octanol–water partition coefficient (Wildman–Crippen LogP) is 7.24. The van der Waals surface area contributed by atoms with Crippen LogP contribution in [0.15, 0.2) is 75.0 Å². The van der Waals surface area contributed by atoms with Crippen molar-refractivity contribution in [3.8, 4) is 11.5 Å². The summed E-state index contributed by atoms with van der Waals surface area (Å²) in [5.41, 5.74) is 2.34. The number of methoxy groups -OCH3 is 1. The number of halogens is 3. The van der Waals surface area contributed by atoms with Gasteiger partial charge in [0.25, 0.3) is 5.91 Å². The van der Waals surface area contributed by atoms with E-state index in [1.165, 1.54) is 11.8 Å². The number of nitrogens with one attached hydrogen (secondary N) is 1. The molecule has 0 saturated carbocycles. The van der Waals surface area contributed by atoms with Gasteiger partial charge in [-0.1, -0.05) is 47.5 Å². The highest BCUT2D eigenvalue weighted by Gasteiger charge is 2.24. The van der Waals surface area contributed by atoms with Crippen molar-refractivity contribution in [2.24, 2.45) is 4.99 Å². The highest BCUT2D eigenvalue weighted by Crippen LogP contribution is 2.39. The molecular weight excluding hydrogens is 547 g/mol. The Labute approximate surface area is 213 Å². The fourth-order valence-electron chi connectivity index (χ4n) is 3.00. The van der Waals surface area contributed by atoms with Gasteiger partial charge >= 0.3 is 0 Å². The van der Waals surface area contributed by atoms with Crippen LogP contribution in [0.4, 0.5) is 5.69 Å². The zero-order valence-electron chi connectivity index (χ0n) is 17.3. The molecule has 1 aliphatic heterocycles. The van der Waals surface area contributed by atoms with Gasteiger partial charge in [0.1, 0.15) is 6.61 Å². The van der Waals surface area contributed by atoms with Crippen molar-refractivity contribution in [3.05, 3.63) is 91.2 Å². The predicted molar refractivity (Wildman–Crippen MR) is 139 cm³/mol. The van der Waals surface area contributed by atoms with Crippen LogP contribution in [0.3, 0.4) is 0 Å². The van der Waals surface area contributed by atoms with Gasteiger partial charge in [0.2, 0.25) is 0 Å². The lowest BCUT2D eigenvalue weighted by Gasteiger charge is -2.14. The average molecular weight is 564 g/mol. The van der Waals surface area contributed by atoms with Crippen LogP contribution in [-0.2, 0) is 11.4 Å². The number of carbonyl (C=O) groups excluding carboxylic acids is 1. The molecule has 1 saturated heterocycles. The number of hydrogen-bond donors (Lipinski definition) is 1. The van der Waals surface area contributed by atoms with Crippen molar-refractivity contribution in [1.29, 1.82) is 0 Å². The first-order valence-corrected chi connectivity index (χ1v) is 12.1. The maximum atomic E-state index is 12.4. The van der Waals surface area contributed by atoms with E-state index < -0.39 is 0 Å². The first-order chi connectivity index (χ1) is 15.9. The minimum Gasteiger partial charge on any atom is -0.493 e. The summed E-state index contributed by atoms with van der Waals surface area (Å²) in [6, 6.07) is 18.4. The summed E-state index contributed by atoms with van der Waals surface area (Å²) >= 11 is 17.0. The van der Waals surface area contributed by atoms with Crippen LogP contribution in [-0.4, -0.2) is 18.2 Å². The number of thioether (sulfide) groups is 1. The summed E-state index contributed by atoms with van der Waals surface area (Å²) in [7, 11) is 1.56. The molecule has 0 aliphatic carbocycles. The summed E-state index contributed by atoms with van der Waals surface area (Å²) in [5, 5.41) is 4.41. The van der Waals surface area contributed by atoms with E-state index in [9.17, 15) is 4.79 Å². The third-order valence-corrected chi connectivity index (χ3v) is 6.66. The monoisotopic (exact) mass is 562 g/mol. The van der Waals surface area contributed by atoms with E-state index >= 15 is 0 Å². The molecular formula is C24H17BrCl2N2O3S. The van der Waals surface area contributed by atoms with Crippen molar-refractivity contribution in [2.45, 2.75) is 6.61 Å². The number of benzene rings is 3. The lowest BCUT2D eigenvalue weighted by Crippen LogP contribution is -2.19. The van der Waals surface area contributed by atoms with Crippen molar-refractivity contribution in [2.75, 3.05) is 7.11 Å². The molecule has 0 aromatic heterocycles. The second-order valence-electron chi connectivity index (χ2n) is 6.88. The first-order valence-electron chi connectivity index (χ1n) is 9.72. The van der Waals surface area contributed by atoms with Gasteiger partial charge in [-0.05, 0) is 75.7 Å². The smallest absolute Gasteiger partial charge is 0.264 e. The number of carbonyl (C=O) groups is 1. The van der Waals surface area contributed by atoms with Crippen LogP contribution in [0, 0.1) is 0 Å². The Balaban J connectivity index is 1.54. The molecule has 0 bridgehead atoms. The van der Waals surface area contributed by atoms with Crippen LogP contribution in [0.1, 0.15) is 11.1 Å². The van der Waals surface area contributed by atoms with Crippen LogP contribution in [0.2, 0.25) is 10.0 Å². The Morgan fingerprint density at radius 3 is 2.64 bits per heavy atom. The summed E-state index contributed by atoms with van der Waals surface area (Å²) in [6.07, 6.45) is 1.78. The van der Waals surface area contributed by atoms with Gasteiger partial charge in [-0.3, -0.25) is 4.79 Å². The number of nitrogens with zero attached hydrogens (tertiary/aromatic N) is 1. The minimum atomic E-state index is -0.206. The molecule has 3 aromatic rings. The van der Waals surface area contributed by atoms with Crippen LogP contribution < -0.4 is 14.8 Å². The standard InChI is InChI=1S/C24H17BrCl2N2O3S/c1-31-20-10-14(9-18(25)22(20)32-13-15-7-8-16(26)12-19(15)27)11-21-23(30)29-24(33-21)28-17-5-3-2-4-6-17/h2-12H,13H2,1H3,(H,28,29,30)/b21-11+. The zero-order valence-corrected chi connectivity index (χ0v) is 21.2. The molecule has 0 unspecified atom stereocenters. The fourth-order valence-corrected chi connectivity index (χ4v) is 4.88. The largest absolute Gasteiger partial charge is 0.493 e. The quantitative estimate of drug-likeness (QED) is 0.321. The number of hydrogen-bond acceptors (Lipinski definition) is 5. The summed E-state index contributed by atoms with van der Waals surface area (Å²) < 4.78 is 12.2. The Hall–Kier alpha value is -2.45. The Morgan fingerprint density at radius 1 is 1.12 bits per heavy atom. The maximum absolute atomic E-state index is 12.4. The van der Waals surface area contributed by atoms with E-state index in [0.29, 0.717) is 36.1 Å². The van der Waals surface area contributed by atoms with E-state index in [1.54, 1.807) is 31.4 Å². The normalized spacial score (nSPS) is 15.7. The van der Waals surface area contributed by atoms with Gasteiger partial charge in [0.05, 0.1) is 22.2 Å².